The number of halogens is 3. The van der Waals surface area contributed by atoms with Crippen LogP contribution in [-0.4, -0.2) is 28.8 Å². The Labute approximate surface area is 154 Å². The molecule has 1 aromatic heterocycles. The molecule has 27 heavy (non-hydrogen) atoms. The molecule has 0 unspecified atom stereocenters. The highest BCUT2D eigenvalue weighted by Crippen LogP contribution is 2.27. The summed E-state index contributed by atoms with van der Waals surface area (Å²) in [6.07, 6.45) is -1.45. The van der Waals surface area contributed by atoms with Gasteiger partial charge in [-0.1, -0.05) is 41.1 Å². The van der Waals surface area contributed by atoms with Crippen molar-refractivity contribution in [2.24, 2.45) is 5.16 Å². The average molecular weight is 373 g/mol. The first-order valence-corrected chi connectivity index (χ1v) is 8.28. The second-order valence-corrected chi connectivity index (χ2v) is 6.15. The van der Waals surface area contributed by atoms with Crippen molar-refractivity contribution >= 4 is 6.21 Å². The SMILES string of the molecule is Cc1ccc(C)c(-c2nn(-c3ccccc3)cc2/C=N\OCC(F)(F)F)c1. The van der Waals surface area contributed by atoms with Crippen molar-refractivity contribution in [1.82, 2.24) is 9.78 Å². The fourth-order valence-electron chi connectivity index (χ4n) is 2.60. The quantitative estimate of drug-likeness (QED) is 0.463. The van der Waals surface area contributed by atoms with Crippen LogP contribution in [-0.2, 0) is 4.84 Å². The van der Waals surface area contributed by atoms with Crippen LogP contribution in [0.5, 0.6) is 0 Å². The summed E-state index contributed by atoms with van der Waals surface area (Å²) in [4.78, 5) is 4.37. The van der Waals surface area contributed by atoms with E-state index in [0.29, 0.717) is 11.3 Å². The molecule has 4 nitrogen and oxygen atoms in total. The fourth-order valence-corrected chi connectivity index (χ4v) is 2.60. The van der Waals surface area contributed by atoms with Crippen molar-refractivity contribution in [3.8, 4) is 16.9 Å². The minimum absolute atomic E-state index is 0.565. The zero-order valence-corrected chi connectivity index (χ0v) is 14.9. The maximum atomic E-state index is 12.2. The number of nitrogens with zero attached hydrogens (tertiary/aromatic N) is 3. The summed E-state index contributed by atoms with van der Waals surface area (Å²) >= 11 is 0. The van der Waals surface area contributed by atoms with Gasteiger partial charge in [-0.15, -0.1) is 0 Å². The van der Waals surface area contributed by atoms with E-state index in [4.69, 9.17) is 0 Å². The Kier molecular flexibility index (Phi) is 5.30. The van der Waals surface area contributed by atoms with Crippen molar-refractivity contribution in [3.63, 3.8) is 0 Å². The van der Waals surface area contributed by atoms with Gasteiger partial charge in [0.2, 0.25) is 6.61 Å². The lowest BCUT2D eigenvalue weighted by atomic mass is 10.0. The Morgan fingerprint density at radius 3 is 2.56 bits per heavy atom. The van der Waals surface area contributed by atoms with Gasteiger partial charge in [0.25, 0.3) is 0 Å². The summed E-state index contributed by atoms with van der Waals surface area (Å²) in [7, 11) is 0. The highest BCUT2D eigenvalue weighted by atomic mass is 19.4. The summed E-state index contributed by atoms with van der Waals surface area (Å²) in [5.74, 6) is 0. The number of rotatable bonds is 5. The highest BCUT2D eigenvalue weighted by molar-refractivity contribution is 5.89. The van der Waals surface area contributed by atoms with E-state index in [1.807, 2.05) is 62.4 Å². The lowest BCUT2D eigenvalue weighted by Gasteiger charge is -2.06. The minimum atomic E-state index is -4.43. The molecule has 140 valence electrons. The first-order chi connectivity index (χ1) is 12.8. The van der Waals surface area contributed by atoms with Gasteiger partial charge in [0.15, 0.2) is 0 Å². The molecule has 0 N–H and O–H groups in total. The molecule has 2 aromatic carbocycles. The van der Waals surface area contributed by atoms with Crippen molar-refractivity contribution < 1.29 is 18.0 Å². The molecular weight excluding hydrogens is 355 g/mol. The smallest absolute Gasteiger partial charge is 0.386 e. The summed E-state index contributed by atoms with van der Waals surface area (Å²) in [5.41, 5.74) is 4.97. The molecule has 0 aliphatic carbocycles. The zero-order valence-electron chi connectivity index (χ0n) is 14.9. The lowest BCUT2D eigenvalue weighted by molar-refractivity contribution is -0.173. The third-order valence-corrected chi connectivity index (χ3v) is 3.91. The van der Waals surface area contributed by atoms with Crippen LogP contribution in [0.15, 0.2) is 59.9 Å². The van der Waals surface area contributed by atoms with Crippen molar-refractivity contribution in [2.45, 2.75) is 20.0 Å². The van der Waals surface area contributed by atoms with Gasteiger partial charge < -0.3 is 4.84 Å². The van der Waals surface area contributed by atoms with Crippen LogP contribution in [0.2, 0.25) is 0 Å². The monoisotopic (exact) mass is 373 g/mol. The van der Waals surface area contributed by atoms with E-state index in [-0.39, 0.29) is 0 Å². The molecule has 0 atom stereocenters. The van der Waals surface area contributed by atoms with Crippen molar-refractivity contribution in [2.75, 3.05) is 6.61 Å². The molecule has 3 aromatic rings. The molecule has 0 saturated heterocycles. The van der Waals surface area contributed by atoms with E-state index in [1.54, 1.807) is 10.9 Å². The molecule has 1 heterocycles. The van der Waals surface area contributed by atoms with Gasteiger partial charge in [0.05, 0.1) is 11.9 Å². The number of aromatic nitrogens is 2. The zero-order chi connectivity index (χ0) is 19.4. The molecular formula is C20H18F3N3O. The topological polar surface area (TPSA) is 39.4 Å². The molecule has 7 heteroatoms. The Morgan fingerprint density at radius 1 is 1.11 bits per heavy atom. The largest absolute Gasteiger partial charge is 0.425 e. The number of alkyl halides is 3. The maximum absolute atomic E-state index is 12.2. The third kappa shape index (κ3) is 4.75. The van der Waals surface area contributed by atoms with E-state index in [2.05, 4.69) is 15.1 Å². The minimum Gasteiger partial charge on any atom is -0.386 e. The number of hydrogen-bond donors (Lipinski definition) is 0. The van der Waals surface area contributed by atoms with Gasteiger partial charge in [-0.25, -0.2) is 4.68 Å². The van der Waals surface area contributed by atoms with E-state index in [1.165, 1.54) is 6.21 Å². The normalized spacial score (nSPS) is 11.9. The second-order valence-electron chi connectivity index (χ2n) is 6.15. The predicted molar refractivity (Wildman–Crippen MR) is 98.1 cm³/mol. The lowest BCUT2D eigenvalue weighted by Crippen LogP contribution is -2.14. The third-order valence-electron chi connectivity index (χ3n) is 3.91. The summed E-state index contributed by atoms with van der Waals surface area (Å²) in [6.45, 7) is 2.49. The van der Waals surface area contributed by atoms with Gasteiger partial charge in [0.1, 0.15) is 5.69 Å². The molecule has 0 spiro atoms. The van der Waals surface area contributed by atoms with Crippen molar-refractivity contribution in [3.05, 3.63) is 71.4 Å². The molecule has 0 amide bonds. The van der Waals surface area contributed by atoms with Gasteiger partial charge in [-0.05, 0) is 37.6 Å². The Bertz CT molecular complexity index is 947. The van der Waals surface area contributed by atoms with Crippen LogP contribution in [0, 0.1) is 13.8 Å². The van der Waals surface area contributed by atoms with Crippen LogP contribution >= 0.6 is 0 Å². The van der Waals surface area contributed by atoms with Crippen LogP contribution < -0.4 is 0 Å². The van der Waals surface area contributed by atoms with Crippen LogP contribution in [0.1, 0.15) is 16.7 Å². The predicted octanol–water partition coefficient (Wildman–Crippen LogP) is 5.07. The van der Waals surface area contributed by atoms with E-state index >= 15 is 0 Å². The number of para-hydroxylation sites is 1. The summed E-state index contributed by atoms with van der Waals surface area (Å²) in [6, 6.07) is 15.4. The van der Waals surface area contributed by atoms with Crippen molar-refractivity contribution in [1.29, 1.82) is 0 Å². The van der Waals surface area contributed by atoms with Gasteiger partial charge in [-0.2, -0.15) is 18.3 Å². The van der Waals surface area contributed by atoms with Gasteiger partial charge in [0, 0.05) is 17.3 Å². The molecule has 0 saturated carbocycles. The number of aryl methyl sites for hydroxylation is 2. The molecule has 0 bridgehead atoms. The first-order valence-electron chi connectivity index (χ1n) is 8.28. The second kappa shape index (κ2) is 7.65. The Morgan fingerprint density at radius 2 is 1.85 bits per heavy atom. The van der Waals surface area contributed by atoms with Crippen LogP contribution in [0.3, 0.4) is 0 Å². The standard InChI is InChI=1S/C20H18F3N3O/c1-14-8-9-15(2)18(10-14)19-16(11-24-27-13-20(21,22)23)12-26(25-19)17-6-4-3-5-7-17/h3-12H,13H2,1-2H3/b24-11-. The number of benzene rings is 2. The number of hydrogen-bond acceptors (Lipinski definition) is 3. The van der Waals surface area contributed by atoms with Gasteiger partial charge >= 0.3 is 6.18 Å². The number of oxime groups is 1. The average Bonchev–Trinajstić information content (AvgIpc) is 3.05. The van der Waals surface area contributed by atoms with E-state index in [0.717, 1.165) is 22.4 Å². The summed E-state index contributed by atoms with van der Waals surface area (Å²) in [5, 5.41) is 8.10. The first kappa shape index (κ1) is 18.7. The van der Waals surface area contributed by atoms with E-state index in [9.17, 15) is 13.2 Å². The Hall–Kier alpha value is -3.09. The molecule has 0 fully saturated rings. The fraction of sp³-hybridized carbons (Fsp3) is 0.200. The molecule has 0 aliphatic heterocycles. The van der Waals surface area contributed by atoms with Crippen LogP contribution in [0.25, 0.3) is 16.9 Å². The molecule has 0 aliphatic rings. The summed E-state index contributed by atoms with van der Waals surface area (Å²) < 4.78 is 38.4. The highest BCUT2D eigenvalue weighted by Gasteiger charge is 2.28. The molecule has 0 radical (unpaired) electrons. The Balaban J connectivity index is 2.01. The maximum Gasteiger partial charge on any atom is 0.425 e. The molecule has 3 rings (SSSR count). The van der Waals surface area contributed by atoms with Crippen LogP contribution in [0.4, 0.5) is 13.2 Å². The van der Waals surface area contributed by atoms with E-state index < -0.39 is 12.8 Å². The van der Waals surface area contributed by atoms with Gasteiger partial charge in [-0.3, -0.25) is 0 Å².